The molecule has 5 heteroatoms. The smallest absolute Gasteiger partial charge is 0.237 e. The zero-order chi connectivity index (χ0) is 13.8. The normalized spacial score (nSPS) is 12.7. The number of hydrogen-bond donors (Lipinski definition) is 2. The zero-order valence-electron chi connectivity index (χ0n) is 12.1. The Hall–Kier alpha value is -0.650. The molecule has 5 nitrogen and oxygen atoms in total. The minimum absolute atomic E-state index is 0.0793. The minimum atomic E-state index is -0.109. The monoisotopic (exact) mass is 259 g/mol. The van der Waals surface area contributed by atoms with Gasteiger partial charge in [-0.1, -0.05) is 13.3 Å². The zero-order valence-corrected chi connectivity index (χ0v) is 12.1. The van der Waals surface area contributed by atoms with Crippen molar-refractivity contribution in [2.24, 2.45) is 5.73 Å². The summed E-state index contributed by atoms with van der Waals surface area (Å²) in [6.07, 6.45) is 3.07. The molecule has 0 aromatic carbocycles. The third-order valence-corrected chi connectivity index (χ3v) is 2.97. The number of carbonyl (C=O) groups excluding carboxylic acids is 1. The highest BCUT2D eigenvalue weighted by Crippen LogP contribution is 2.02. The Morgan fingerprint density at radius 3 is 2.67 bits per heavy atom. The van der Waals surface area contributed by atoms with Crippen molar-refractivity contribution >= 4 is 5.91 Å². The Morgan fingerprint density at radius 2 is 2.11 bits per heavy atom. The molecule has 0 saturated carbocycles. The number of unbranched alkanes of at least 4 members (excludes halogenated alkanes) is 1. The largest absolute Gasteiger partial charge is 0.385 e. The van der Waals surface area contributed by atoms with E-state index in [4.69, 9.17) is 10.5 Å². The molecule has 0 heterocycles. The predicted molar refractivity (Wildman–Crippen MR) is 74.5 cm³/mol. The molecule has 108 valence electrons. The van der Waals surface area contributed by atoms with E-state index >= 15 is 0 Å². The summed E-state index contributed by atoms with van der Waals surface area (Å²) in [7, 11) is 1.66. The molecule has 0 bridgehead atoms. The standard InChI is InChI=1S/C13H29N3O2/c1-4-5-9-16(10-7-14)12(2)13(17)15-8-6-11-18-3/h12H,4-11,14H2,1-3H3,(H,15,17). The van der Waals surface area contributed by atoms with E-state index in [0.717, 1.165) is 32.4 Å². The molecule has 1 unspecified atom stereocenters. The molecule has 0 spiro atoms. The molecule has 0 aromatic rings. The molecule has 1 atom stereocenters. The maximum absolute atomic E-state index is 12.0. The Kier molecular flexibility index (Phi) is 11.0. The van der Waals surface area contributed by atoms with Crippen LogP contribution < -0.4 is 11.1 Å². The Bertz CT molecular complexity index is 212. The van der Waals surface area contributed by atoms with Gasteiger partial charge < -0.3 is 15.8 Å². The SMILES string of the molecule is CCCCN(CCN)C(C)C(=O)NCCCOC. The Labute approximate surface area is 111 Å². The number of nitrogens with zero attached hydrogens (tertiary/aromatic N) is 1. The van der Waals surface area contributed by atoms with Gasteiger partial charge in [-0.15, -0.1) is 0 Å². The summed E-state index contributed by atoms with van der Waals surface area (Å²) in [6, 6.07) is -0.109. The van der Waals surface area contributed by atoms with E-state index < -0.39 is 0 Å². The van der Waals surface area contributed by atoms with Gasteiger partial charge in [0.2, 0.25) is 5.91 Å². The van der Waals surface area contributed by atoms with Gasteiger partial charge in [-0.2, -0.15) is 0 Å². The summed E-state index contributed by atoms with van der Waals surface area (Å²) >= 11 is 0. The maximum Gasteiger partial charge on any atom is 0.237 e. The van der Waals surface area contributed by atoms with Crippen LogP contribution >= 0.6 is 0 Å². The van der Waals surface area contributed by atoms with Gasteiger partial charge in [-0.25, -0.2) is 0 Å². The molecule has 0 aliphatic heterocycles. The number of nitrogens with one attached hydrogen (secondary N) is 1. The van der Waals surface area contributed by atoms with Crippen LogP contribution in [0.2, 0.25) is 0 Å². The van der Waals surface area contributed by atoms with Gasteiger partial charge in [0.05, 0.1) is 6.04 Å². The van der Waals surface area contributed by atoms with Gasteiger partial charge in [0.1, 0.15) is 0 Å². The van der Waals surface area contributed by atoms with Crippen molar-refractivity contribution in [3.05, 3.63) is 0 Å². The fourth-order valence-electron chi connectivity index (χ4n) is 1.77. The van der Waals surface area contributed by atoms with E-state index in [2.05, 4.69) is 17.1 Å². The lowest BCUT2D eigenvalue weighted by molar-refractivity contribution is -0.125. The lowest BCUT2D eigenvalue weighted by Crippen LogP contribution is -2.47. The van der Waals surface area contributed by atoms with E-state index in [1.54, 1.807) is 7.11 Å². The number of hydrogen-bond acceptors (Lipinski definition) is 4. The third-order valence-electron chi connectivity index (χ3n) is 2.97. The van der Waals surface area contributed by atoms with E-state index in [1.807, 2.05) is 6.92 Å². The summed E-state index contributed by atoms with van der Waals surface area (Å²) in [4.78, 5) is 14.1. The summed E-state index contributed by atoms with van der Waals surface area (Å²) in [5.74, 6) is 0.0793. The van der Waals surface area contributed by atoms with Gasteiger partial charge in [0.25, 0.3) is 0 Å². The first kappa shape index (κ1) is 17.4. The van der Waals surface area contributed by atoms with Crippen LogP contribution in [0.1, 0.15) is 33.1 Å². The summed E-state index contributed by atoms with van der Waals surface area (Å²) in [5.41, 5.74) is 5.59. The van der Waals surface area contributed by atoms with Gasteiger partial charge in [-0.05, 0) is 26.3 Å². The van der Waals surface area contributed by atoms with E-state index in [-0.39, 0.29) is 11.9 Å². The fourth-order valence-corrected chi connectivity index (χ4v) is 1.77. The van der Waals surface area contributed by atoms with Crippen molar-refractivity contribution < 1.29 is 9.53 Å². The van der Waals surface area contributed by atoms with Gasteiger partial charge in [-0.3, -0.25) is 9.69 Å². The van der Waals surface area contributed by atoms with Crippen molar-refractivity contribution in [3.63, 3.8) is 0 Å². The number of amides is 1. The molecule has 18 heavy (non-hydrogen) atoms. The number of nitrogens with two attached hydrogens (primary N) is 1. The van der Waals surface area contributed by atoms with Crippen LogP contribution in [0, 0.1) is 0 Å². The van der Waals surface area contributed by atoms with Crippen LogP contribution in [-0.2, 0) is 9.53 Å². The molecular formula is C13H29N3O2. The highest BCUT2D eigenvalue weighted by Gasteiger charge is 2.19. The van der Waals surface area contributed by atoms with Crippen LogP contribution in [0.5, 0.6) is 0 Å². The molecule has 0 saturated heterocycles. The highest BCUT2D eigenvalue weighted by molar-refractivity contribution is 5.81. The number of rotatable bonds is 11. The third kappa shape index (κ3) is 7.63. The van der Waals surface area contributed by atoms with Crippen molar-refractivity contribution in [2.45, 2.75) is 39.2 Å². The second kappa shape index (κ2) is 11.4. The number of carbonyl (C=O) groups is 1. The second-order valence-corrected chi connectivity index (χ2v) is 4.49. The molecule has 0 radical (unpaired) electrons. The van der Waals surface area contributed by atoms with Crippen LogP contribution in [0.25, 0.3) is 0 Å². The van der Waals surface area contributed by atoms with Crippen LogP contribution in [0.15, 0.2) is 0 Å². The highest BCUT2D eigenvalue weighted by atomic mass is 16.5. The molecule has 3 N–H and O–H groups in total. The molecular weight excluding hydrogens is 230 g/mol. The van der Waals surface area contributed by atoms with Crippen LogP contribution in [-0.4, -0.2) is 56.7 Å². The van der Waals surface area contributed by atoms with E-state index in [9.17, 15) is 4.79 Å². The first-order chi connectivity index (χ1) is 8.67. The van der Waals surface area contributed by atoms with Crippen molar-refractivity contribution in [1.29, 1.82) is 0 Å². The number of methoxy groups -OCH3 is 1. The van der Waals surface area contributed by atoms with Crippen molar-refractivity contribution in [3.8, 4) is 0 Å². The average Bonchev–Trinajstić information content (AvgIpc) is 2.38. The predicted octanol–water partition coefficient (Wildman–Crippen LogP) is 0.588. The molecule has 0 fully saturated rings. The quantitative estimate of drug-likeness (QED) is 0.533. The van der Waals surface area contributed by atoms with E-state index in [1.165, 1.54) is 0 Å². The molecule has 0 rings (SSSR count). The number of ether oxygens (including phenoxy) is 1. The van der Waals surface area contributed by atoms with Gasteiger partial charge in [0.15, 0.2) is 0 Å². The second-order valence-electron chi connectivity index (χ2n) is 4.49. The first-order valence-electron chi connectivity index (χ1n) is 6.88. The van der Waals surface area contributed by atoms with Gasteiger partial charge in [0, 0.05) is 33.4 Å². The van der Waals surface area contributed by atoms with Gasteiger partial charge >= 0.3 is 0 Å². The lowest BCUT2D eigenvalue weighted by atomic mass is 10.2. The summed E-state index contributed by atoms with van der Waals surface area (Å²) in [5, 5.41) is 2.93. The molecule has 0 aromatic heterocycles. The van der Waals surface area contributed by atoms with Crippen molar-refractivity contribution in [1.82, 2.24) is 10.2 Å². The minimum Gasteiger partial charge on any atom is -0.385 e. The summed E-state index contributed by atoms with van der Waals surface area (Å²) in [6.45, 7) is 7.73. The van der Waals surface area contributed by atoms with Crippen molar-refractivity contribution in [2.75, 3.05) is 39.9 Å². The fraction of sp³-hybridized carbons (Fsp3) is 0.923. The Morgan fingerprint density at radius 1 is 1.39 bits per heavy atom. The topological polar surface area (TPSA) is 67.6 Å². The molecule has 1 amide bonds. The van der Waals surface area contributed by atoms with E-state index in [0.29, 0.717) is 19.7 Å². The average molecular weight is 259 g/mol. The molecule has 0 aliphatic rings. The Balaban J connectivity index is 4.02. The lowest BCUT2D eigenvalue weighted by Gasteiger charge is -2.27. The van der Waals surface area contributed by atoms with Crippen LogP contribution in [0.4, 0.5) is 0 Å². The van der Waals surface area contributed by atoms with Crippen LogP contribution in [0.3, 0.4) is 0 Å². The summed E-state index contributed by atoms with van der Waals surface area (Å²) < 4.78 is 4.95. The first-order valence-corrected chi connectivity index (χ1v) is 6.88. The molecule has 0 aliphatic carbocycles. The maximum atomic E-state index is 12.0.